The van der Waals surface area contributed by atoms with Crippen molar-refractivity contribution in [3.63, 3.8) is 0 Å². The minimum atomic E-state index is -1.68. The second kappa shape index (κ2) is 7.10. The first kappa shape index (κ1) is 20.8. The van der Waals surface area contributed by atoms with Crippen molar-refractivity contribution in [1.82, 2.24) is 15.8 Å². The molecule has 2 N–H and O–H groups in total. The highest BCUT2D eigenvalue weighted by Crippen LogP contribution is 2.49. The molecule has 2 fully saturated rings. The Bertz CT molecular complexity index is 1350. The number of imide groups is 2. The van der Waals surface area contributed by atoms with E-state index in [-0.39, 0.29) is 30.3 Å². The summed E-state index contributed by atoms with van der Waals surface area (Å²) in [6, 6.07) is 9.25. The molecule has 10 heteroatoms. The predicted octanol–water partition coefficient (Wildman–Crippen LogP) is 2.52. The Balaban J connectivity index is 1.61. The van der Waals surface area contributed by atoms with Gasteiger partial charge in [0, 0.05) is 18.5 Å². The molecule has 34 heavy (non-hydrogen) atoms. The van der Waals surface area contributed by atoms with E-state index in [0.717, 1.165) is 5.56 Å². The number of hydrogen-bond donors (Lipinski definition) is 2. The van der Waals surface area contributed by atoms with E-state index in [2.05, 4.69) is 15.8 Å². The molecule has 1 spiro atoms. The van der Waals surface area contributed by atoms with Crippen LogP contribution in [0.3, 0.4) is 0 Å². The number of anilines is 1. The smallest absolute Gasteiger partial charge is 0.328 e. The third-order valence-corrected chi connectivity index (χ3v) is 7.01. The number of barbiturate groups is 1. The fraction of sp³-hybridized carbons (Fsp3) is 0.333. The Morgan fingerprint density at radius 1 is 1.12 bits per heavy atom. The van der Waals surface area contributed by atoms with Crippen molar-refractivity contribution in [3.8, 4) is 11.3 Å². The second-order valence-electron chi connectivity index (χ2n) is 9.11. The molecule has 3 aliphatic heterocycles. The van der Waals surface area contributed by atoms with Crippen molar-refractivity contribution in [2.45, 2.75) is 38.5 Å². The fourth-order valence-electron chi connectivity index (χ4n) is 5.75. The summed E-state index contributed by atoms with van der Waals surface area (Å²) >= 11 is 0. The molecule has 6 rings (SSSR count). The molecule has 9 nitrogen and oxygen atoms in total. The summed E-state index contributed by atoms with van der Waals surface area (Å²) in [5.74, 6) is -2.04. The van der Waals surface area contributed by atoms with Crippen LogP contribution < -0.4 is 15.5 Å². The maximum atomic E-state index is 16.0. The Hall–Kier alpha value is -3.79. The van der Waals surface area contributed by atoms with Crippen molar-refractivity contribution in [2.24, 2.45) is 5.41 Å². The topological polar surface area (TPSA) is 114 Å². The average Bonchev–Trinajstić information content (AvgIpc) is 3.21. The lowest BCUT2D eigenvalue weighted by Crippen LogP contribution is -2.75. The van der Waals surface area contributed by atoms with Crippen LogP contribution in [0.2, 0.25) is 0 Å². The largest absolute Gasteiger partial charge is 0.372 e. The molecule has 2 aromatic carbocycles. The number of nitrogens with zero attached hydrogens (tertiary/aromatic N) is 2. The van der Waals surface area contributed by atoms with Gasteiger partial charge in [-0.25, -0.2) is 9.18 Å². The zero-order valence-corrected chi connectivity index (χ0v) is 18.4. The zero-order chi connectivity index (χ0) is 23.8. The van der Waals surface area contributed by atoms with Gasteiger partial charge >= 0.3 is 6.03 Å². The number of amides is 4. The van der Waals surface area contributed by atoms with Crippen molar-refractivity contribution in [2.75, 3.05) is 11.4 Å². The number of ether oxygens (including phenoxy) is 1. The number of nitrogens with one attached hydrogen (secondary N) is 2. The summed E-state index contributed by atoms with van der Waals surface area (Å²) in [6.45, 7) is 3.84. The molecule has 0 aliphatic carbocycles. The third kappa shape index (κ3) is 2.68. The van der Waals surface area contributed by atoms with Crippen LogP contribution in [0.5, 0.6) is 0 Å². The summed E-state index contributed by atoms with van der Waals surface area (Å²) in [6.07, 6.45) is -0.982. The standard InChI is InChI=1S/C24H21FN4O5/c1-11-10-29-18-14(8-15-17(13-6-4-3-5-7-13)28-34-19(15)16(18)25)9-24(20(29)12(2)33-11)21(30)26-23(32)27-22(24)31/h3-8,11-12,20H,9-10H2,1-2H3,(H2,26,27,30,31,32)/t11-,12+,20-/m0/s1. The number of aromatic nitrogens is 1. The summed E-state index contributed by atoms with van der Waals surface area (Å²) < 4.78 is 27.5. The maximum Gasteiger partial charge on any atom is 0.328 e. The first-order valence-corrected chi connectivity index (χ1v) is 11.1. The van der Waals surface area contributed by atoms with Crippen LogP contribution in [0.1, 0.15) is 19.4 Å². The van der Waals surface area contributed by atoms with Gasteiger partial charge in [-0.15, -0.1) is 0 Å². The number of carbonyl (C=O) groups excluding carboxylic acids is 3. The molecule has 0 radical (unpaired) electrons. The minimum Gasteiger partial charge on any atom is -0.372 e. The molecule has 0 saturated carbocycles. The molecule has 3 aromatic rings. The van der Waals surface area contributed by atoms with Gasteiger partial charge in [-0.2, -0.15) is 0 Å². The number of rotatable bonds is 1. The van der Waals surface area contributed by atoms with Gasteiger partial charge in [0.2, 0.25) is 17.4 Å². The molecule has 3 atom stereocenters. The van der Waals surface area contributed by atoms with Crippen molar-refractivity contribution in [3.05, 3.63) is 47.8 Å². The van der Waals surface area contributed by atoms with E-state index in [1.165, 1.54) is 0 Å². The molecule has 4 amide bonds. The van der Waals surface area contributed by atoms with Crippen molar-refractivity contribution >= 4 is 34.5 Å². The Kier molecular flexibility index (Phi) is 4.34. The van der Waals surface area contributed by atoms with Crippen LogP contribution in [0.25, 0.3) is 22.2 Å². The highest BCUT2D eigenvalue weighted by Gasteiger charge is 2.63. The minimum absolute atomic E-state index is 0.00632. The van der Waals surface area contributed by atoms with Gasteiger partial charge < -0.3 is 14.2 Å². The first-order chi connectivity index (χ1) is 16.3. The summed E-state index contributed by atoms with van der Waals surface area (Å²) in [4.78, 5) is 40.1. The monoisotopic (exact) mass is 464 g/mol. The van der Waals surface area contributed by atoms with Gasteiger partial charge in [-0.1, -0.05) is 35.5 Å². The van der Waals surface area contributed by atoms with E-state index in [0.29, 0.717) is 16.6 Å². The van der Waals surface area contributed by atoms with Crippen LogP contribution in [0.4, 0.5) is 14.9 Å². The lowest BCUT2D eigenvalue weighted by molar-refractivity contribution is -0.153. The molecule has 3 aliphatic rings. The van der Waals surface area contributed by atoms with Gasteiger partial charge in [0.1, 0.15) is 5.69 Å². The third-order valence-electron chi connectivity index (χ3n) is 7.01. The number of morpholine rings is 1. The van der Waals surface area contributed by atoms with E-state index in [1.54, 1.807) is 17.9 Å². The number of hydrogen-bond acceptors (Lipinski definition) is 7. The number of urea groups is 1. The van der Waals surface area contributed by atoms with Crippen molar-refractivity contribution in [1.29, 1.82) is 0 Å². The molecule has 2 saturated heterocycles. The fourth-order valence-corrected chi connectivity index (χ4v) is 5.75. The quantitative estimate of drug-likeness (QED) is 0.532. The van der Waals surface area contributed by atoms with Crippen LogP contribution in [0, 0.1) is 11.2 Å². The van der Waals surface area contributed by atoms with E-state index in [9.17, 15) is 14.4 Å². The molecule has 1 aromatic heterocycles. The van der Waals surface area contributed by atoms with Crippen LogP contribution in [-0.4, -0.2) is 47.8 Å². The number of carbonyl (C=O) groups is 3. The van der Waals surface area contributed by atoms with Crippen molar-refractivity contribution < 1.29 is 28.0 Å². The summed E-state index contributed by atoms with van der Waals surface area (Å²) in [7, 11) is 0. The Morgan fingerprint density at radius 2 is 1.82 bits per heavy atom. The molecule has 0 bridgehead atoms. The lowest BCUT2D eigenvalue weighted by Gasteiger charge is -2.55. The highest BCUT2D eigenvalue weighted by molar-refractivity contribution is 6.20. The Morgan fingerprint density at radius 3 is 2.53 bits per heavy atom. The molecular formula is C24H21FN4O5. The molecular weight excluding hydrogens is 443 g/mol. The number of halogens is 1. The average molecular weight is 464 g/mol. The zero-order valence-electron chi connectivity index (χ0n) is 18.4. The number of benzene rings is 2. The summed E-state index contributed by atoms with van der Waals surface area (Å²) in [5, 5.41) is 9.02. The van der Waals surface area contributed by atoms with E-state index >= 15 is 4.39 Å². The van der Waals surface area contributed by atoms with Gasteiger partial charge in [0.05, 0.1) is 29.3 Å². The SMILES string of the molecule is C[C@H]1CN2c3c(cc4c(-c5ccccc5)noc4c3F)CC3(C(=O)NC(=O)NC3=O)[C@@H]2[C@@H](C)O1. The molecule has 174 valence electrons. The summed E-state index contributed by atoms with van der Waals surface area (Å²) in [5.41, 5.74) is 0.263. The van der Waals surface area contributed by atoms with Gasteiger partial charge in [0.25, 0.3) is 0 Å². The van der Waals surface area contributed by atoms with Crippen LogP contribution >= 0.6 is 0 Å². The molecule has 0 unspecified atom stereocenters. The Labute approximate surface area is 193 Å². The lowest BCUT2D eigenvalue weighted by atomic mass is 9.66. The van der Waals surface area contributed by atoms with E-state index in [4.69, 9.17) is 9.26 Å². The van der Waals surface area contributed by atoms with Crippen LogP contribution in [0.15, 0.2) is 40.9 Å². The highest BCUT2D eigenvalue weighted by atomic mass is 19.1. The van der Waals surface area contributed by atoms with Gasteiger partial charge in [-0.3, -0.25) is 20.2 Å². The van der Waals surface area contributed by atoms with Gasteiger partial charge in [-0.05, 0) is 25.5 Å². The first-order valence-electron chi connectivity index (χ1n) is 11.1. The molecule has 4 heterocycles. The second-order valence-corrected chi connectivity index (χ2v) is 9.11. The van der Waals surface area contributed by atoms with E-state index < -0.39 is 41.2 Å². The normalized spacial score (nSPS) is 25.7. The predicted molar refractivity (Wildman–Crippen MR) is 118 cm³/mol. The van der Waals surface area contributed by atoms with E-state index in [1.807, 2.05) is 37.3 Å². The van der Waals surface area contributed by atoms with Gasteiger partial charge in [0.15, 0.2) is 11.2 Å². The number of fused-ring (bicyclic) bond motifs is 5. The van der Waals surface area contributed by atoms with Crippen LogP contribution in [-0.2, 0) is 20.7 Å². The maximum absolute atomic E-state index is 16.0.